The Balaban J connectivity index is 1.73. The van der Waals surface area contributed by atoms with Crippen LogP contribution in [0.25, 0.3) is 0 Å². The van der Waals surface area contributed by atoms with Gasteiger partial charge in [-0.2, -0.15) is 0 Å². The molecule has 0 unspecified atom stereocenters. The number of fused-ring (bicyclic) bond motifs is 1. The average molecular weight is 398 g/mol. The van der Waals surface area contributed by atoms with Crippen molar-refractivity contribution in [3.63, 3.8) is 0 Å². The third-order valence-corrected chi connectivity index (χ3v) is 5.71. The Morgan fingerprint density at radius 3 is 2.69 bits per heavy atom. The Bertz CT molecular complexity index is 889. The van der Waals surface area contributed by atoms with Gasteiger partial charge in [0.1, 0.15) is 11.6 Å². The number of nitrogens with one attached hydrogen (secondary N) is 1. The van der Waals surface area contributed by atoms with Crippen LogP contribution in [0.3, 0.4) is 0 Å². The van der Waals surface area contributed by atoms with E-state index in [4.69, 9.17) is 9.72 Å². The summed E-state index contributed by atoms with van der Waals surface area (Å²) in [6.07, 6.45) is 5.11. The lowest BCUT2D eigenvalue weighted by Crippen LogP contribution is -2.42. The van der Waals surface area contributed by atoms with Crippen molar-refractivity contribution in [2.45, 2.75) is 58.9 Å². The maximum absolute atomic E-state index is 12.9. The first kappa shape index (κ1) is 21.1. The molecular formula is C23H31N3O3. The number of H-pyrrole nitrogens is 1. The van der Waals surface area contributed by atoms with Crippen LogP contribution in [0.2, 0.25) is 0 Å². The van der Waals surface area contributed by atoms with Gasteiger partial charge in [-0.3, -0.25) is 9.59 Å². The Morgan fingerprint density at radius 1 is 1.28 bits per heavy atom. The monoisotopic (exact) mass is 397 g/mol. The van der Waals surface area contributed by atoms with Gasteiger partial charge in [-0.05, 0) is 30.5 Å². The molecule has 1 amide bonds. The summed E-state index contributed by atoms with van der Waals surface area (Å²) in [4.78, 5) is 35.0. The number of aromatic nitrogens is 2. The highest BCUT2D eigenvalue weighted by molar-refractivity contribution is 5.79. The highest BCUT2D eigenvalue weighted by Gasteiger charge is 2.28. The molecule has 1 aromatic carbocycles. The van der Waals surface area contributed by atoms with Gasteiger partial charge in [-0.25, -0.2) is 4.98 Å². The van der Waals surface area contributed by atoms with Crippen molar-refractivity contribution in [2.75, 3.05) is 13.7 Å². The number of hydrogen-bond acceptors (Lipinski definition) is 4. The summed E-state index contributed by atoms with van der Waals surface area (Å²) in [6.45, 7) is 5.20. The van der Waals surface area contributed by atoms with Crippen LogP contribution in [0.4, 0.5) is 0 Å². The lowest BCUT2D eigenvalue weighted by atomic mass is 9.96. The summed E-state index contributed by atoms with van der Waals surface area (Å²) in [6, 6.07) is 7.75. The van der Waals surface area contributed by atoms with Gasteiger partial charge in [-0.15, -0.1) is 0 Å². The Hall–Kier alpha value is -2.63. The van der Waals surface area contributed by atoms with Crippen LogP contribution in [-0.4, -0.2) is 34.4 Å². The molecule has 1 aliphatic heterocycles. The number of hydrogen-bond donors (Lipinski definition) is 1. The number of rotatable bonds is 8. The van der Waals surface area contributed by atoms with Crippen molar-refractivity contribution in [3.8, 4) is 5.75 Å². The molecular weight excluding hydrogens is 366 g/mol. The number of methoxy groups -OCH3 is 1. The minimum Gasteiger partial charge on any atom is -0.497 e. The van der Waals surface area contributed by atoms with E-state index in [2.05, 4.69) is 18.8 Å². The molecule has 0 bridgehead atoms. The van der Waals surface area contributed by atoms with E-state index in [9.17, 15) is 9.59 Å². The van der Waals surface area contributed by atoms with Gasteiger partial charge in [0.25, 0.3) is 5.56 Å². The summed E-state index contributed by atoms with van der Waals surface area (Å²) in [7, 11) is 1.64. The van der Waals surface area contributed by atoms with Crippen LogP contribution in [0, 0.1) is 5.92 Å². The normalized spacial score (nSPS) is 14.4. The molecule has 29 heavy (non-hydrogen) atoms. The van der Waals surface area contributed by atoms with Crippen LogP contribution in [0.1, 0.15) is 62.2 Å². The van der Waals surface area contributed by atoms with Crippen LogP contribution >= 0.6 is 0 Å². The summed E-state index contributed by atoms with van der Waals surface area (Å²) in [5, 5.41) is 0. The topological polar surface area (TPSA) is 75.3 Å². The van der Waals surface area contributed by atoms with Gasteiger partial charge in [0.05, 0.1) is 24.9 Å². The number of benzene rings is 1. The highest BCUT2D eigenvalue weighted by atomic mass is 16.5. The molecule has 0 aliphatic carbocycles. The van der Waals surface area contributed by atoms with Crippen LogP contribution < -0.4 is 10.3 Å². The molecule has 1 aromatic heterocycles. The SMILES string of the molecule is CCCC[C@H](CC)C(=O)N1CCc2nc(Cc3ccc(OC)cc3)[nH]c(=O)c2C1. The number of carbonyl (C=O) groups excluding carboxylic acids is 1. The van der Waals surface area contributed by atoms with Crippen molar-refractivity contribution in [1.29, 1.82) is 0 Å². The molecule has 0 saturated carbocycles. The Morgan fingerprint density at radius 2 is 2.03 bits per heavy atom. The molecule has 0 radical (unpaired) electrons. The fourth-order valence-electron chi connectivity index (χ4n) is 3.90. The zero-order valence-corrected chi connectivity index (χ0v) is 17.7. The molecule has 1 aliphatic rings. The van der Waals surface area contributed by atoms with E-state index in [1.54, 1.807) is 7.11 Å². The van der Waals surface area contributed by atoms with Crippen molar-refractivity contribution < 1.29 is 9.53 Å². The van der Waals surface area contributed by atoms with Gasteiger partial charge < -0.3 is 14.6 Å². The Labute approximate surface area is 172 Å². The van der Waals surface area contributed by atoms with E-state index in [-0.39, 0.29) is 17.4 Å². The smallest absolute Gasteiger partial charge is 0.256 e. The van der Waals surface area contributed by atoms with Crippen LogP contribution in [-0.2, 0) is 24.2 Å². The minimum absolute atomic E-state index is 0.0536. The van der Waals surface area contributed by atoms with Crippen LogP contribution in [0.5, 0.6) is 5.75 Å². The first-order valence-electron chi connectivity index (χ1n) is 10.6. The molecule has 2 aromatic rings. The molecule has 3 rings (SSSR count). The first-order valence-corrected chi connectivity index (χ1v) is 10.6. The lowest BCUT2D eigenvalue weighted by molar-refractivity contribution is -0.136. The maximum Gasteiger partial charge on any atom is 0.256 e. The van der Waals surface area contributed by atoms with E-state index in [0.717, 1.165) is 42.7 Å². The molecule has 1 N–H and O–H groups in total. The molecule has 156 valence electrons. The molecule has 2 heterocycles. The summed E-state index contributed by atoms with van der Waals surface area (Å²) in [5.41, 5.74) is 2.39. The third kappa shape index (κ3) is 5.05. The summed E-state index contributed by atoms with van der Waals surface area (Å²) in [5.74, 6) is 1.69. The van der Waals surface area contributed by atoms with Gasteiger partial charge in [0.15, 0.2) is 0 Å². The van der Waals surface area contributed by atoms with E-state index in [1.165, 1.54) is 0 Å². The molecule has 0 spiro atoms. The van der Waals surface area contributed by atoms with E-state index < -0.39 is 0 Å². The average Bonchev–Trinajstić information content (AvgIpc) is 2.74. The molecule has 1 atom stereocenters. The lowest BCUT2D eigenvalue weighted by Gasteiger charge is -2.31. The number of aromatic amines is 1. The standard InChI is InChI=1S/C23H31N3O3/c1-4-6-7-17(5-2)23(28)26-13-12-20-19(15-26)22(27)25-21(24-20)14-16-8-10-18(29-3)11-9-16/h8-11,17H,4-7,12-15H2,1-3H3,(H,24,25,27)/t17-/m0/s1. The molecule has 6 heteroatoms. The van der Waals surface area contributed by atoms with Crippen molar-refractivity contribution in [3.05, 3.63) is 57.3 Å². The van der Waals surface area contributed by atoms with E-state index >= 15 is 0 Å². The minimum atomic E-state index is -0.127. The fourth-order valence-corrected chi connectivity index (χ4v) is 3.90. The fraction of sp³-hybridized carbons (Fsp3) is 0.522. The zero-order valence-electron chi connectivity index (χ0n) is 17.7. The van der Waals surface area contributed by atoms with E-state index in [0.29, 0.717) is 37.3 Å². The molecule has 0 fully saturated rings. The first-order chi connectivity index (χ1) is 14.0. The second-order valence-corrected chi connectivity index (χ2v) is 7.72. The highest BCUT2D eigenvalue weighted by Crippen LogP contribution is 2.21. The van der Waals surface area contributed by atoms with Gasteiger partial charge >= 0.3 is 0 Å². The summed E-state index contributed by atoms with van der Waals surface area (Å²) >= 11 is 0. The van der Waals surface area contributed by atoms with Gasteiger partial charge in [-0.1, -0.05) is 38.8 Å². The number of unbranched alkanes of at least 4 members (excludes halogenated alkanes) is 1. The second kappa shape index (κ2) is 9.72. The number of carbonyl (C=O) groups is 1. The predicted molar refractivity (Wildman–Crippen MR) is 113 cm³/mol. The predicted octanol–water partition coefficient (Wildman–Crippen LogP) is 3.47. The second-order valence-electron chi connectivity index (χ2n) is 7.72. The van der Waals surface area contributed by atoms with Gasteiger partial charge in [0.2, 0.25) is 5.91 Å². The molecule has 0 saturated heterocycles. The van der Waals surface area contributed by atoms with Crippen molar-refractivity contribution in [1.82, 2.24) is 14.9 Å². The largest absolute Gasteiger partial charge is 0.497 e. The van der Waals surface area contributed by atoms with Crippen LogP contribution in [0.15, 0.2) is 29.1 Å². The third-order valence-electron chi connectivity index (χ3n) is 5.71. The number of nitrogens with zero attached hydrogens (tertiary/aromatic N) is 2. The quantitative estimate of drug-likeness (QED) is 0.740. The zero-order chi connectivity index (χ0) is 20.8. The van der Waals surface area contributed by atoms with Gasteiger partial charge in [0, 0.05) is 25.3 Å². The van der Waals surface area contributed by atoms with Crippen molar-refractivity contribution in [2.24, 2.45) is 5.92 Å². The molecule has 6 nitrogen and oxygen atoms in total. The maximum atomic E-state index is 12.9. The number of amides is 1. The number of ether oxygens (including phenoxy) is 1. The van der Waals surface area contributed by atoms with E-state index in [1.807, 2.05) is 29.2 Å². The summed E-state index contributed by atoms with van der Waals surface area (Å²) < 4.78 is 5.18. The van der Waals surface area contributed by atoms with Crippen molar-refractivity contribution >= 4 is 5.91 Å². The Kier molecular flexibility index (Phi) is 7.07.